The summed E-state index contributed by atoms with van der Waals surface area (Å²) in [5, 5.41) is 19.6. The molecule has 1 atom stereocenters. The maximum Gasteiger partial charge on any atom is 0.275 e. The van der Waals surface area contributed by atoms with Crippen LogP contribution in [-0.4, -0.2) is 41.2 Å². The van der Waals surface area contributed by atoms with Crippen molar-refractivity contribution >= 4 is 23.0 Å². The van der Waals surface area contributed by atoms with Gasteiger partial charge in [-0.15, -0.1) is 11.3 Å². The summed E-state index contributed by atoms with van der Waals surface area (Å²) in [6, 6.07) is 9.86. The Morgan fingerprint density at radius 3 is 2.55 bits per heavy atom. The van der Waals surface area contributed by atoms with E-state index < -0.39 is 18.6 Å². The zero-order chi connectivity index (χ0) is 15.9. The Morgan fingerprint density at radius 2 is 1.91 bits per heavy atom. The molecular weight excluding hydrogens is 306 g/mol. The smallest absolute Gasteiger partial charge is 0.275 e. The van der Waals surface area contributed by atoms with Gasteiger partial charge in [0.05, 0.1) is 17.0 Å². The second-order valence-electron chi connectivity index (χ2n) is 4.43. The van der Waals surface area contributed by atoms with Gasteiger partial charge in [-0.25, -0.2) is 5.48 Å². The molecule has 0 radical (unpaired) electrons. The lowest BCUT2D eigenvalue weighted by Crippen LogP contribution is -2.30. The molecule has 0 saturated carbocycles. The Kier molecular flexibility index (Phi) is 5.79. The number of carbonyl (C=O) groups is 2. The number of carbonyl (C=O) groups excluding carboxylic acids is 2. The summed E-state index contributed by atoms with van der Waals surface area (Å²) in [5.41, 5.74) is 2.60. The Morgan fingerprint density at radius 1 is 1.18 bits per heavy atom. The van der Waals surface area contributed by atoms with Crippen LogP contribution in [0.4, 0.5) is 0 Å². The van der Waals surface area contributed by atoms with Crippen molar-refractivity contribution in [3.8, 4) is 0 Å². The molecule has 0 aliphatic carbocycles. The van der Waals surface area contributed by atoms with E-state index in [0.29, 0.717) is 4.88 Å². The topological polar surface area (TPSA) is 95.9 Å². The Bertz CT molecular complexity index is 641. The third kappa shape index (κ3) is 3.99. The fourth-order valence-electron chi connectivity index (χ4n) is 1.73. The average molecular weight is 321 g/mol. The lowest BCUT2D eigenvalue weighted by atomic mass is 10.0. The highest BCUT2D eigenvalue weighted by Crippen LogP contribution is 2.18. The van der Waals surface area contributed by atoms with Gasteiger partial charge in [0.2, 0.25) is 5.78 Å². The van der Waals surface area contributed by atoms with E-state index in [1.54, 1.807) is 35.7 Å². The van der Waals surface area contributed by atoms with Crippen molar-refractivity contribution in [2.75, 3.05) is 13.2 Å². The summed E-state index contributed by atoms with van der Waals surface area (Å²) in [4.78, 5) is 29.8. The van der Waals surface area contributed by atoms with Crippen LogP contribution in [-0.2, 0) is 4.84 Å². The number of aliphatic hydroxyl groups is 2. The SMILES string of the molecule is O=C(NOC[C@H](O)CO)c1ccccc1C(=O)c1cccs1. The highest BCUT2D eigenvalue weighted by atomic mass is 32.1. The minimum atomic E-state index is -1.08. The van der Waals surface area contributed by atoms with E-state index in [1.807, 2.05) is 0 Å². The minimum Gasteiger partial charge on any atom is -0.394 e. The van der Waals surface area contributed by atoms with Gasteiger partial charge in [0.25, 0.3) is 5.91 Å². The molecule has 1 aromatic carbocycles. The number of ketones is 1. The van der Waals surface area contributed by atoms with Crippen LogP contribution in [0.2, 0.25) is 0 Å². The minimum absolute atomic E-state index is 0.180. The molecule has 1 aromatic heterocycles. The van der Waals surface area contributed by atoms with E-state index in [-0.39, 0.29) is 23.5 Å². The first-order valence-electron chi connectivity index (χ1n) is 6.51. The molecule has 0 bridgehead atoms. The normalized spacial score (nSPS) is 11.9. The van der Waals surface area contributed by atoms with E-state index >= 15 is 0 Å². The van der Waals surface area contributed by atoms with Gasteiger partial charge in [-0.3, -0.25) is 14.4 Å². The summed E-state index contributed by atoms with van der Waals surface area (Å²) < 4.78 is 0. The van der Waals surface area contributed by atoms with Gasteiger partial charge in [0.1, 0.15) is 12.7 Å². The number of aliphatic hydroxyl groups excluding tert-OH is 2. The molecule has 0 fully saturated rings. The average Bonchev–Trinajstić information content (AvgIpc) is 3.08. The van der Waals surface area contributed by atoms with Crippen molar-refractivity contribution in [1.82, 2.24) is 5.48 Å². The number of thiophene rings is 1. The molecule has 7 heteroatoms. The van der Waals surface area contributed by atoms with Crippen molar-refractivity contribution in [3.63, 3.8) is 0 Å². The summed E-state index contributed by atoms with van der Waals surface area (Å²) in [5.74, 6) is -0.832. The predicted molar refractivity (Wildman–Crippen MR) is 80.7 cm³/mol. The van der Waals surface area contributed by atoms with Crippen LogP contribution in [0.3, 0.4) is 0 Å². The summed E-state index contributed by atoms with van der Waals surface area (Å²) in [6.07, 6.45) is -1.08. The van der Waals surface area contributed by atoms with Gasteiger partial charge >= 0.3 is 0 Å². The fourth-order valence-corrected chi connectivity index (χ4v) is 2.41. The van der Waals surface area contributed by atoms with E-state index in [9.17, 15) is 9.59 Å². The number of rotatable bonds is 7. The Hall–Kier alpha value is -2.06. The summed E-state index contributed by atoms with van der Waals surface area (Å²) in [6.45, 7) is -0.716. The largest absolute Gasteiger partial charge is 0.394 e. The predicted octanol–water partition coefficient (Wildman–Crippen LogP) is 0.994. The molecule has 6 nitrogen and oxygen atoms in total. The highest BCUT2D eigenvalue weighted by Gasteiger charge is 2.18. The van der Waals surface area contributed by atoms with Gasteiger partial charge in [0.15, 0.2) is 0 Å². The zero-order valence-electron chi connectivity index (χ0n) is 11.6. The lowest BCUT2D eigenvalue weighted by Gasteiger charge is -2.11. The molecule has 1 amide bonds. The maximum absolute atomic E-state index is 12.4. The van der Waals surface area contributed by atoms with E-state index in [0.717, 1.165) is 0 Å². The molecule has 0 aliphatic heterocycles. The highest BCUT2D eigenvalue weighted by molar-refractivity contribution is 7.12. The van der Waals surface area contributed by atoms with E-state index in [4.69, 9.17) is 15.1 Å². The molecule has 2 rings (SSSR count). The van der Waals surface area contributed by atoms with Gasteiger partial charge in [-0.1, -0.05) is 24.3 Å². The monoisotopic (exact) mass is 321 g/mol. The molecule has 1 heterocycles. The van der Waals surface area contributed by atoms with Gasteiger partial charge in [-0.05, 0) is 17.5 Å². The van der Waals surface area contributed by atoms with Crippen LogP contribution < -0.4 is 5.48 Å². The number of hydrogen-bond acceptors (Lipinski definition) is 6. The molecule has 0 unspecified atom stereocenters. The third-order valence-corrected chi connectivity index (χ3v) is 3.68. The molecule has 0 spiro atoms. The van der Waals surface area contributed by atoms with Gasteiger partial charge in [-0.2, -0.15) is 0 Å². The first-order valence-corrected chi connectivity index (χ1v) is 7.39. The van der Waals surface area contributed by atoms with Crippen LogP contribution in [0, 0.1) is 0 Å². The molecule has 116 valence electrons. The van der Waals surface area contributed by atoms with Crippen molar-refractivity contribution in [3.05, 3.63) is 57.8 Å². The Labute approximate surface area is 130 Å². The summed E-state index contributed by atoms with van der Waals surface area (Å²) in [7, 11) is 0. The quantitative estimate of drug-likeness (QED) is 0.522. The number of benzene rings is 1. The molecular formula is C15H15NO5S. The van der Waals surface area contributed by atoms with Crippen molar-refractivity contribution in [2.24, 2.45) is 0 Å². The van der Waals surface area contributed by atoms with Crippen LogP contribution >= 0.6 is 11.3 Å². The first kappa shape index (κ1) is 16.3. The van der Waals surface area contributed by atoms with Crippen LogP contribution in [0.15, 0.2) is 41.8 Å². The van der Waals surface area contributed by atoms with Crippen LogP contribution in [0.25, 0.3) is 0 Å². The lowest BCUT2D eigenvalue weighted by molar-refractivity contribution is -0.0295. The van der Waals surface area contributed by atoms with E-state index in [1.165, 1.54) is 17.4 Å². The van der Waals surface area contributed by atoms with E-state index in [2.05, 4.69) is 5.48 Å². The second kappa shape index (κ2) is 7.81. The molecule has 0 aliphatic rings. The molecule has 3 N–H and O–H groups in total. The number of hydroxylamine groups is 1. The van der Waals surface area contributed by atoms with Crippen molar-refractivity contribution in [1.29, 1.82) is 0 Å². The fraction of sp³-hybridized carbons (Fsp3) is 0.200. The molecule has 22 heavy (non-hydrogen) atoms. The number of hydrogen-bond donors (Lipinski definition) is 3. The maximum atomic E-state index is 12.4. The standard InChI is InChI=1S/C15H15NO5S/c17-8-10(18)9-21-16-15(20)12-5-2-1-4-11(12)14(19)13-6-3-7-22-13/h1-7,10,17-18H,8-9H2,(H,16,20)/t10-/m1/s1. The zero-order valence-corrected chi connectivity index (χ0v) is 12.4. The molecule has 0 saturated heterocycles. The van der Waals surface area contributed by atoms with Crippen molar-refractivity contribution in [2.45, 2.75) is 6.10 Å². The first-order chi connectivity index (χ1) is 10.6. The number of nitrogens with one attached hydrogen (secondary N) is 1. The van der Waals surface area contributed by atoms with Crippen molar-refractivity contribution < 1.29 is 24.6 Å². The van der Waals surface area contributed by atoms with Crippen LogP contribution in [0.1, 0.15) is 25.6 Å². The third-order valence-electron chi connectivity index (χ3n) is 2.81. The van der Waals surface area contributed by atoms with Gasteiger partial charge in [0, 0.05) is 5.56 Å². The Balaban J connectivity index is 2.11. The van der Waals surface area contributed by atoms with Crippen LogP contribution in [0.5, 0.6) is 0 Å². The molecule has 2 aromatic rings. The summed E-state index contributed by atoms with van der Waals surface area (Å²) >= 11 is 1.30. The second-order valence-corrected chi connectivity index (χ2v) is 5.38. The number of amides is 1. The van der Waals surface area contributed by atoms with Gasteiger partial charge < -0.3 is 10.2 Å².